The lowest BCUT2D eigenvalue weighted by Crippen LogP contribution is -2.18. The molecule has 2 heterocycles. The summed E-state index contributed by atoms with van der Waals surface area (Å²) < 4.78 is 22.2. The van der Waals surface area contributed by atoms with Gasteiger partial charge in [-0.2, -0.15) is 0 Å². The molecule has 0 bridgehead atoms. The zero-order valence-electron chi connectivity index (χ0n) is 21.9. The molecule has 0 saturated heterocycles. The number of cyclic esters (lactones) is 4. The molecule has 0 unspecified atom stereocenters. The van der Waals surface area contributed by atoms with Crippen LogP contribution in [0.2, 0.25) is 0 Å². The van der Waals surface area contributed by atoms with Crippen LogP contribution in [0.15, 0.2) is 48.5 Å². The molecule has 0 N–H and O–H groups in total. The molecule has 0 saturated carbocycles. The van der Waals surface area contributed by atoms with E-state index in [0.717, 1.165) is 11.1 Å². The molecule has 8 heteroatoms. The topological polar surface area (TPSA) is 105 Å². The van der Waals surface area contributed by atoms with Crippen LogP contribution in [-0.4, -0.2) is 23.9 Å². The van der Waals surface area contributed by atoms with Crippen molar-refractivity contribution in [1.29, 1.82) is 0 Å². The Kier molecular flexibility index (Phi) is 5.67. The van der Waals surface area contributed by atoms with Gasteiger partial charge < -0.3 is 18.9 Å². The summed E-state index contributed by atoms with van der Waals surface area (Å²) in [6, 6.07) is 13.2. The Morgan fingerprint density at radius 2 is 0.895 bits per heavy atom. The Morgan fingerprint density at radius 1 is 0.526 bits per heavy atom. The minimum absolute atomic E-state index is 0.0815. The molecule has 0 atom stereocenters. The van der Waals surface area contributed by atoms with Crippen LogP contribution < -0.4 is 9.47 Å². The van der Waals surface area contributed by atoms with E-state index >= 15 is 0 Å². The Morgan fingerprint density at radius 3 is 1.24 bits per heavy atom. The number of benzene rings is 3. The molecule has 0 aliphatic carbocycles. The van der Waals surface area contributed by atoms with Crippen molar-refractivity contribution < 1.29 is 38.1 Å². The van der Waals surface area contributed by atoms with E-state index in [0.29, 0.717) is 11.5 Å². The molecule has 0 fully saturated rings. The van der Waals surface area contributed by atoms with Gasteiger partial charge in [0, 0.05) is 11.1 Å². The summed E-state index contributed by atoms with van der Waals surface area (Å²) in [5, 5.41) is 0. The van der Waals surface area contributed by atoms with E-state index < -0.39 is 34.7 Å². The first-order valence-electron chi connectivity index (χ1n) is 12.1. The lowest BCUT2D eigenvalue weighted by molar-refractivity contribution is 0.0424. The van der Waals surface area contributed by atoms with Gasteiger partial charge in [0.1, 0.15) is 34.1 Å². The maximum Gasteiger partial charge on any atom is 0.350 e. The van der Waals surface area contributed by atoms with E-state index in [-0.39, 0.29) is 33.8 Å². The van der Waals surface area contributed by atoms with Gasteiger partial charge in [0.25, 0.3) is 0 Å². The third-order valence-electron chi connectivity index (χ3n) is 6.41. The lowest BCUT2D eigenvalue weighted by atomic mass is 9.80. The molecule has 0 radical (unpaired) electrons. The normalized spacial score (nSPS) is 14.7. The maximum absolute atomic E-state index is 12.4. The average molecular weight is 515 g/mol. The van der Waals surface area contributed by atoms with Gasteiger partial charge in [-0.1, -0.05) is 53.7 Å². The molecular weight excluding hydrogens is 488 g/mol. The predicted molar refractivity (Wildman–Crippen MR) is 136 cm³/mol. The highest BCUT2D eigenvalue weighted by Crippen LogP contribution is 2.45. The third kappa shape index (κ3) is 4.22. The molecule has 2 aliphatic rings. The van der Waals surface area contributed by atoms with Gasteiger partial charge in [0.15, 0.2) is 0 Å². The highest BCUT2D eigenvalue weighted by Gasteiger charge is 2.36. The number of carbonyl (C=O) groups excluding carboxylic acids is 4. The molecule has 3 aromatic rings. The molecule has 5 rings (SSSR count). The van der Waals surface area contributed by atoms with Gasteiger partial charge in [-0.25, -0.2) is 19.2 Å². The predicted octanol–water partition coefficient (Wildman–Crippen LogP) is 6.49. The van der Waals surface area contributed by atoms with Crippen LogP contribution in [0, 0.1) is 0 Å². The number of hydrogen-bond acceptors (Lipinski definition) is 8. The van der Waals surface area contributed by atoms with Gasteiger partial charge in [-0.05, 0) is 47.2 Å². The average Bonchev–Trinajstić information content (AvgIpc) is 3.28. The van der Waals surface area contributed by atoms with Crippen LogP contribution in [0.25, 0.3) is 0 Å². The van der Waals surface area contributed by atoms with Crippen LogP contribution in [0.1, 0.15) is 94.1 Å². The van der Waals surface area contributed by atoms with Crippen LogP contribution in [0.5, 0.6) is 23.0 Å². The van der Waals surface area contributed by atoms with Gasteiger partial charge in [-0.3, -0.25) is 0 Å². The molecule has 0 aromatic heterocycles. The van der Waals surface area contributed by atoms with Crippen molar-refractivity contribution in [3.63, 3.8) is 0 Å². The molecule has 0 amide bonds. The third-order valence-corrected chi connectivity index (χ3v) is 6.41. The summed E-state index contributed by atoms with van der Waals surface area (Å²) in [4.78, 5) is 48.9. The van der Waals surface area contributed by atoms with E-state index in [1.807, 2.05) is 53.7 Å². The maximum atomic E-state index is 12.4. The standard InChI is InChI=1S/C30H26O8/c1-29(2,3)17-13-22(36-20-12-8-10-16-24(20)28(34)38-26(16)32)18(30(4,5)6)14-21(17)35-19-11-7-9-15-23(19)27(33)37-25(15)31/h7-14H,1-6H3. The van der Waals surface area contributed by atoms with Crippen molar-refractivity contribution in [2.75, 3.05) is 0 Å². The van der Waals surface area contributed by atoms with E-state index in [2.05, 4.69) is 0 Å². The van der Waals surface area contributed by atoms with Crippen molar-refractivity contribution in [2.24, 2.45) is 0 Å². The summed E-state index contributed by atoms with van der Waals surface area (Å²) in [5.41, 5.74) is 1.09. The lowest BCUT2D eigenvalue weighted by Gasteiger charge is -2.29. The second-order valence-electron chi connectivity index (χ2n) is 11.3. The van der Waals surface area contributed by atoms with Gasteiger partial charge in [-0.15, -0.1) is 0 Å². The number of fused-ring (bicyclic) bond motifs is 2. The van der Waals surface area contributed by atoms with Crippen LogP contribution in [-0.2, 0) is 20.3 Å². The number of rotatable bonds is 4. The second kappa shape index (κ2) is 8.55. The highest BCUT2D eigenvalue weighted by molar-refractivity contribution is 6.17. The first-order valence-corrected chi connectivity index (χ1v) is 12.1. The van der Waals surface area contributed by atoms with Crippen LogP contribution in [0.4, 0.5) is 0 Å². The molecule has 3 aromatic carbocycles. The summed E-state index contributed by atoms with van der Waals surface area (Å²) >= 11 is 0. The number of esters is 4. The molecule has 8 nitrogen and oxygen atoms in total. The Labute approximate surface area is 219 Å². The molecule has 2 aliphatic heterocycles. The Hall–Kier alpha value is -4.46. The number of ether oxygens (including phenoxy) is 4. The summed E-state index contributed by atoms with van der Waals surface area (Å²) in [7, 11) is 0. The summed E-state index contributed by atoms with van der Waals surface area (Å²) in [6.45, 7) is 12.0. The fraction of sp³-hybridized carbons (Fsp3) is 0.267. The molecular formula is C30H26O8. The van der Waals surface area contributed by atoms with Crippen LogP contribution in [0.3, 0.4) is 0 Å². The smallest absolute Gasteiger partial charge is 0.350 e. The van der Waals surface area contributed by atoms with Gasteiger partial charge in [0.05, 0.1) is 11.1 Å². The summed E-state index contributed by atoms with van der Waals surface area (Å²) in [6.07, 6.45) is 0. The van der Waals surface area contributed by atoms with Crippen molar-refractivity contribution in [3.8, 4) is 23.0 Å². The van der Waals surface area contributed by atoms with E-state index in [1.54, 1.807) is 24.3 Å². The van der Waals surface area contributed by atoms with Gasteiger partial charge in [0.2, 0.25) is 0 Å². The minimum Gasteiger partial charge on any atom is -0.456 e. The Balaban J connectivity index is 1.66. The van der Waals surface area contributed by atoms with E-state index in [9.17, 15) is 19.2 Å². The zero-order chi connectivity index (χ0) is 27.6. The molecule has 38 heavy (non-hydrogen) atoms. The second-order valence-corrected chi connectivity index (χ2v) is 11.3. The number of hydrogen-bond donors (Lipinski definition) is 0. The molecule has 194 valence electrons. The quantitative estimate of drug-likeness (QED) is 0.287. The fourth-order valence-electron chi connectivity index (χ4n) is 4.51. The minimum atomic E-state index is -0.756. The van der Waals surface area contributed by atoms with Crippen molar-refractivity contribution in [1.82, 2.24) is 0 Å². The SMILES string of the molecule is CC(C)(C)c1cc(Oc2cccc3c2C(=O)OC3=O)c(C(C)(C)C)cc1Oc1cccc2c1C(=O)OC2=O. The zero-order valence-corrected chi connectivity index (χ0v) is 21.9. The fourth-order valence-corrected chi connectivity index (χ4v) is 4.51. The van der Waals surface area contributed by atoms with Crippen molar-refractivity contribution >= 4 is 23.9 Å². The van der Waals surface area contributed by atoms with E-state index in [1.165, 1.54) is 12.1 Å². The van der Waals surface area contributed by atoms with E-state index in [4.69, 9.17) is 18.9 Å². The molecule has 0 spiro atoms. The number of carbonyl (C=O) groups is 4. The highest BCUT2D eigenvalue weighted by atomic mass is 16.6. The largest absolute Gasteiger partial charge is 0.456 e. The summed E-state index contributed by atoms with van der Waals surface area (Å²) in [5.74, 6) is -1.57. The monoisotopic (exact) mass is 514 g/mol. The Bertz CT molecular complexity index is 1430. The van der Waals surface area contributed by atoms with Gasteiger partial charge >= 0.3 is 23.9 Å². The van der Waals surface area contributed by atoms with Crippen molar-refractivity contribution in [2.45, 2.75) is 52.4 Å². The first kappa shape index (κ1) is 25.2. The van der Waals surface area contributed by atoms with Crippen molar-refractivity contribution in [3.05, 3.63) is 81.9 Å². The first-order chi connectivity index (χ1) is 17.8. The van der Waals surface area contributed by atoms with Crippen LogP contribution >= 0.6 is 0 Å².